The third-order valence-corrected chi connectivity index (χ3v) is 5.72. The maximum absolute atomic E-state index is 4.60. The molecular weight excluding hydrogens is 481 g/mol. The maximum atomic E-state index is 4.60. The van der Waals surface area contributed by atoms with Crippen LogP contribution in [0.3, 0.4) is 0 Å². The van der Waals surface area contributed by atoms with E-state index in [1.54, 1.807) is 0 Å². The van der Waals surface area contributed by atoms with E-state index < -0.39 is 0 Å². The molecule has 0 saturated carbocycles. The summed E-state index contributed by atoms with van der Waals surface area (Å²) in [5.74, 6) is 0. The number of halogens is 1. The highest BCUT2D eigenvalue weighted by molar-refractivity contribution is 14.1. The van der Waals surface area contributed by atoms with Crippen molar-refractivity contribution in [1.29, 1.82) is 0 Å². The lowest BCUT2D eigenvalue weighted by molar-refractivity contribution is 0.964. The smallest absolute Gasteiger partial charge is 0.100 e. The number of hydrogen-bond acceptors (Lipinski definition) is 2. The number of rotatable bonds is 5. The normalized spacial score (nSPS) is 11.0. The SMILES string of the molecule is Cc1cc(C=NN=C(c2ccccc2)c2ccccc2)c(C)n1-c1ccc(I)cc1. The van der Waals surface area contributed by atoms with Gasteiger partial charge in [-0.15, -0.1) is 5.10 Å². The molecule has 0 fully saturated rings. The van der Waals surface area contributed by atoms with Crippen LogP contribution in [-0.4, -0.2) is 16.5 Å². The Bertz CT molecular complexity index is 1150. The molecule has 3 aromatic carbocycles. The molecule has 3 nitrogen and oxygen atoms in total. The zero-order valence-corrected chi connectivity index (χ0v) is 19.1. The van der Waals surface area contributed by atoms with E-state index in [0.717, 1.165) is 33.8 Å². The van der Waals surface area contributed by atoms with Crippen molar-refractivity contribution in [2.45, 2.75) is 13.8 Å². The molecule has 4 heteroatoms. The third kappa shape index (κ3) is 4.44. The molecule has 0 aliphatic heterocycles. The minimum Gasteiger partial charge on any atom is -0.318 e. The minimum absolute atomic E-state index is 0.860. The fourth-order valence-electron chi connectivity index (χ4n) is 3.53. The van der Waals surface area contributed by atoms with Gasteiger partial charge in [0, 0.05) is 37.3 Å². The summed E-state index contributed by atoms with van der Waals surface area (Å²) in [4.78, 5) is 0. The summed E-state index contributed by atoms with van der Waals surface area (Å²) >= 11 is 2.33. The highest BCUT2D eigenvalue weighted by atomic mass is 127. The third-order valence-electron chi connectivity index (χ3n) is 5.00. The van der Waals surface area contributed by atoms with Gasteiger partial charge in [-0.1, -0.05) is 60.7 Å². The molecule has 148 valence electrons. The van der Waals surface area contributed by atoms with Gasteiger partial charge in [0.2, 0.25) is 0 Å². The van der Waals surface area contributed by atoms with Gasteiger partial charge in [-0.3, -0.25) is 0 Å². The second-order valence-electron chi connectivity index (χ2n) is 7.06. The second-order valence-corrected chi connectivity index (χ2v) is 8.31. The van der Waals surface area contributed by atoms with E-state index in [1.165, 1.54) is 9.26 Å². The van der Waals surface area contributed by atoms with Crippen LogP contribution >= 0.6 is 22.6 Å². The second kappa shape index (κ2) is 9.22. The van der Waals surface area contributed by atoms with Crippen LogP contribution in [0.15, 0.2) is 101 Å². The predicted octanol–water partition coefficient (Wildman–Crippen LogP) is 6.57. The van der Waals surface area contributed by atoms with E-state index >= 15 is 0 Å². The van der Waals surface area contributed by atoms with Gasteiger partial charge in [-0.2, -0.15) is 5.10 Å². The minimum atomic E-state index is 0.860. The molecule has 4 rings (SSSR count). The molecular formula is C26H22IN3. The fourth-order valence-corrected chi connectivity index (χ4v) is 3.89. The summed E-state index contributed by atoms with van der Waals surface area (Å²) in [5, 5.41) is 9.07. The zero-order chi connectivity index (χ0) is 20.9. The molecule has 0 aliphatic carbocycles. The number of nitrogens with zero attached hydrogens (tertiary/aromatic N) is 3. The maximum Gasteiger partial charge on any atom is 0.100 e. The molecule has 0 radical (unpaired) electrons. The van der Waals surface area contributed by atoms with Crippen molar-refractivity contribution in [3.8, 4) is 5.69 Å². The van der Waals surface area contributed by atoms with Crippen LogP contribution in [0.2, 0.25) is 0 Å². The largest absolute Gasteiger partial charge is 0.318 e. The number of hydrogen-bond donors (Lipinski definition) is 0. The van der Waals surface area contributed by atoms with Crippen molar-refractivity contribution >= 4 is 34.5 Å². The van der Waals surface area contributed by atoms with Gasteiger partial charge in [0.05, 0.1) is 6.21 Å². The van der Waals surface area contributed by atoms with Gasteiger partial charge >= 0.3 is 0 Å². The Labute approximate surface area is 191 Å². The average Bonchev–Trinajstić information content (AvgIpc) is 3.06. The summed E-state index contributed by atoms with van der Waals surface area (Å²) in [7, 11) is 0. The van der Waals surface area contributed by atoms with E-state index in [-0.39, 0.29) is 0 Å². The first-order chi connectivity index (χ1) is 14.6. The molecule has 0 unspecified atom stereocenters. The Morgan fingerprint density at radius 3 is 1.93 bits per heavy atom. The first kappa shape index (κ1) is 20.3. The van der Waals surface area contributed by atoms with Crippen LogP contribution in [0.25, 0.3) is 5.69 Å². The molecule has 30 heavy (non-hydrogen) atoms. The van der Waals surface area contributed by atoms with Crippen molar-refractivity contribution < 1.29 is 0 Å². The Balaban J connectivity index is 1.69. The Morgan fingerprint density at radius 1 is 0.800 bits per heavy atom. The zero-order valence-electron chi connectivity index (χ0n) is 17.0. The molecule has 0 spiro atoms. The van der Waals surface area contributed by atoms with Gasteiger partial charge in [0.1, 0.15) is 5.71 Å². The lowest BCUT2D eigenvalue weighted by Crippen LogP contribution is -2.02. The van der Waals surface area contributed by atoms with Crippen LogP contribution in [0, 0.1) is 17.4 Å². The van der Waals surface area contributed by atoms with Crippen molar-refractivity contribution in [3.63, 3.8) is 0 Å². The quantitative estimate of drug-likeness (QED) is 0.168. The lowest BCUT2D eigenvalue weighted by atomic mass is 10.0. The van der Waals surface area contributed by atoms with Gasteiger partial charge < -0.3 is 4.57 Å². The monoisotopic (exact) mass is 503 g/mol. The van der Waals surface area contributed by atoms with Crippen molar-refractivity contribution in [1.82, 2.24) is 4.57 Å². The lowest BCUT2D eigenvalue weighted by Gasteiger charge is -2.09. The molecule has 0 N–H and O–H groups in total. The molecule has 0 saturated heterocycles. The highest BCUT2D eigenvalue weighted by Gasteiger charge is 2.10. The van der Waals surface area contributed by atoms with E-state index in [4.69, 9.17) is 0 Å². The average molecular weight is 503 g/mol. The van der Waals surface area contributed by atoms with Gasteiger partial charge in [0.15, 0.2) is 0 Å². The summed E-state index contributed by atoms with van der Waals surface area (Å²) in [5.41, 5.74) is 7.49. The predicted molar refractivity (Wildman–Crippen MR) is 134 cm³/mol. The van der Waals surface area contributed by atoms with E-state index in [0.29, 0.717) is 0 Å². The topological polar surface area (TPSA) is 29.6 Å². The summed E-state index contributed by atoms with van der Waals surface area (Å²) in [6.07, 6.45) is 1.84. The summed E-state index contributed by atoms with van der Waals surface area (Å²) in [6, 6.07) is 31.0. The first-order valence-electron chi connectivity index (χ1n) is 9.80. The highest BCUT2D eigenvalue weighted by Crippen LogP contribution is 2.21. The standard InChI is InChI=1S/C26H22IN3/c1-19-17-23(20(2)30(19)25-15-13-24(27)14-16-25)18-28-29-26(21-9-5-3-6-10-21)22-11-7-4-8-12-22/h3-18H,1-2H3. The fraction of sp³-hybridized carbons (Fsp3) is 0.0769. The van der Waals surface area contributed by atoms with Crippen molar-refractivity contribution in [2.24, 2.45) is 10.2 Å². The van der Waals surface area contributed by atoms with Crippen LogP contribution in [0.1, 0.15) is 28.1 Å². The number of aryl methyl sites for hydroxylation is 1. The van der Waals surface area contributed by atoms with E-state index in [9.17, 15) is 0 Å². The van der Waals surface area contributed by atoms with Crippen LogP contribution in [-0.2, 0) is 0 Å². The Hall–Kier alpha value is -2.99. The van der Waals surface area contributed by atoms with E-state index in [1.807, 2.05) is 42.6 Å². The van der Waals surface area contributed by atoms with Crippen LogP contribution < -0.4 is 0 Å². The summed E-state index contributed by atoms with van der Waals surface area (Å²) < 4.78 is 3.47. The van der Waals surface area contributed by atoms with Crippen LogP contribution in [0.4, 0.5) is 0 Å². The van der Waals surface area contributed by atoms with Crippen LogP contribution in [0.5, 0.6) is 0 Å². The molecule has 0 aliphatic rings. The number of aromatic nitrogens is 1. The van der Waals surface area contributed by atoms with Gasteiger partial charge in [-0.25, -0.2) is 0 Å². The van der Waals surface area contributed by atoms with E-state index in [2.05, 4.69) is 106 Å². The molecule has 4 aromatic rings. The molecule has 0 amide bonds. The first-order valence-corrected chi connectivity index (χ1v) is 10.9. The molecule has 0 bridgehead atoms. The Morgan fingerprint density at radius 2 is 1.37 bits per heavy atom. The van der Waals surface area contributed by atoms with Gasteiger partial charge in [0.25, 0.3) is 0 Å². The van der Waals surface area contributed by atoms with Gasteiger partial charge in [-0.05, 0) is 66.8 Å². The summed E-state index contributed by atoms with van der Waals surface area (Å²) in [6.45, 7) is 4.23. The molecule has 1 aromatic heterocycles. The molecule has 0 atom stereocenters. The van der Waals surface area contributed by atoms with Crippen molar-refractivity contribution in [2.75, 3.05) is 0 Å². The Kier molecular flexibility index (Phi) is 6.23. The molecule has 1 heterocycles. The van der Waals surface area contributed by atoms with Crippen molar-refractivity contribution in [3.05, 3.63) is 123 Å². The number of benzene rings is 3.